The number of piperidine rings is 2. The molecule has 3 saturated heterocycles. The van der Waals surface area contributed by atoms with Crippen molar-refractivity contribution in [1.82, 2.24) is 15.0 Å². The molecule has 0 aromatic carbocycles. The lowest BCUT2D eigenvalue weighted by atomic mass is 9.99. The van der Waals surface area contributed by atoms with Gasteiger partial charge in [0.25, 0.3) is 0 Å². The number of carbonyl (C=O) groups is 2. The van der Waals surface area contributed by atoms with Crippen molar-refractivity contribution >= 4 is 22.6 Å². The molecule has 1 aliphatic carbocycles. The molecule has 1 saturated carbocycles. The van der Waals surface area contributed by atoms with E-state index in [0.29, 0.717) is 31.7 Å². The molecule has 4 aliphatic rings. The summed E-state index contributed by atoms with van der Waals surface area (Å²) in [5, 5.41) is 13.5. The summed E-state index contributed by atoms with van der Waals surface area (Å²) in [6, 6.07) is 4.15. The molecule has 5 unspecified atom stereocenters. The summed E-state index contributed by atoms with van der Waals surface area (Å²) in [4.78, 5) is 27.1. The Labute approximate surface area is 228 Å². The second-order valence-corrected chi connectivity index (χ2v) is 13.4. The second kappa shape index (κ2) is 10.3. The highest BCUT2D eigenvalue weighted by atomic mass is 32.3. The molecule has 0 N–H and O–H groups in total. The third kappa shape index (κ3) is 6.47. The average Bonchev–Trinajstić information content (AvgIpc) is 3.10. The molecule has 14 heteroatoms. The quantitative estimate of drug-likeness (QED) is 0.489. The molecule has 39 heavy (non-hydrogen) atoms. The first-order chi connectivity index (χ1) is 18.0. The van der Waals surface area contributed by atoms with Crippen LogP contribution in [0.25, 0.3) is 0 Å². The first-order valence-electron chi connectivity index (χ1n) is 12.9. The lowest BCUT2D eigenvalue weighted by molar-refractivity contribution is -0.000796. The Morgan fingerprint density at radius 3 is 2.08 bits per heavy atom. The minimum absolute atomic E-state index is 0.119. The second-order valence-electron chi connectivity index (χ2n) is 12.2. The average molecular weight is 569 g/mol. The van der Waals surface area contributed by atoms with E-state index in [1.807, 2.05) is 20.8 Å². The molecular weight excluding hydrogens is 532 g/mol. The molecule has 4 heterocycles. The number of amides is 2. The molecule has 1 aromatic rings. The predicted molar refractivity (Wildman–Crippen MR) is 134 cm³/mol. The maximum atomic E-state index is 12.2. The number of hydrogen-bond acceptors (Lipinski definition) is 11. The Kier molecular flexibility index (Phi) is 7.65. The van der Waals surface area contributed by atoms with Crippen LogP contribution in [0.3, 0.4) is 0 Å². The van der Waals surface area contributed by atoms with E-state index in [1.165, 1.54) is 11.2 Å². The molecule has 0 radical (unpaired) electrons. The Bertz CT molecular complexity index is 1220. The lowest BCUT2D eigenvalue weighted by Crippen LogP contribution is -2.49. The van der Waals surface area contributed by atoms with E-state index in [0.717, 1.165) is 6.42 Å². The van der Waals surface area contributed by atoms with Crippen molar-refractivity contribution in [2.45, 2.75) is 83.2 Å². The van der Waals surface area contributed by atoms with E-state index in [2.05, 4.69) is 11.2 Å². The molecule has 5 atom stereocenters. The van der Waals surface area contributed by atoms with Gasteiger partial charge in [-0.1, -0.05) is 5.16 Å². The molecule has 0 bridgehead atoms. The Morgan fingerprint density at radius 2 is 1.54 bits per heavy atom. The van der Waals surface area contributed by atoms with Crippen LogP contribution in [0.15, 0.2) is 16.9 Å². The van der Waals surface area contributed by atoms with Gasteiger partial charge in [0.05, 0.1) is 12.6 Å². The van der Waals surface area contributed by atoms with Crippen LogP contribution in [0.4, 0.5) is 9.59 Å². The zero-order valence-electron chi connectivity index (χ0n) is 23.1. The molecule has 1 aromatic heterocycles. The van der Waals surface area contributed by atoms with Crippen LogP contribution in [-0.4, -0.2) is 85.1 Å². The van der Waals surface area contributed by atoms with Crippen LogP contribution in [0.1, 0.15) is 60.1 Å². The van der Waals surface area contributed by atoms with Crippen LogP contribution in [0.2, 0.25) is 0 Å². The summed E-state index contributed by atoms with van der Waals surface area (Å²) in [6.07, 6.45) is 0.816. The zero-order valence-corrected chi connectivity index (χ0v) is 23.9. The normalized spacial score (nSPS) is 31.1. The van der Waals surface area contributed by atoms with Crippen LogP contribution >= 0.6 is 0 Å². The summed E-state index contributed by atoms with van der Waals surface area (Å²) in [5.41, 5.74) is -0.988. The highest BCUT2D eigenvalue weighted by Gasteiger charge is 2.69. The third-order valence-corrected chi connectivity index (χ3v) is 7.97. The van der Waals surface area contributed by atoms with Crippen molar-refractivity contribution in [3.63, 3.8) is 0 Å². The molecule has 2 amide bonds. The fourth-order valence-electron chi connectivity index (χ4n) is 5.30. The number of carbonyl (C=O) groups excluding carboxylic acids is 2. The van der Waals surface area contributed by atoms with E-state index in [-0.39, 0.29) is 24.5 Å². The Balaban J connectivity index is 0.000000183. The fraction of sp³-hybridized carbons (Fsp3) is 0.760. The maximum absolute atomic E-state index is 12.2. The van der Waals surface area contributed by atoms with Gasteiger partial charge in [-0.25, -0.2) is 18.0 Å². The van der Waals surface area contributed by atoms with Crippen LogP contribution in [-0.2, 0) is 33.7 Å². The van der Waals surface area contributed by atoms with Crippen molar-refractivity contribution in [2.75, 3.05) is 26.2 Å². The molecule has 216 valence electrons. The van der Waals surface area contributed by atoms with E-state index in [4.69, 9.17) is 22.4 Å². The van der Waals surface area contributed by atoms with Gasteiger partial charge in [0.1, 0.15) is 40.8 Å². The van der Waals surface area contributed by atoms with Gasteiger partial charge in [-0.15, -0.1) is 0 Å². The highest BCUT2D eigenvalue weighted by Crippen LogP contribution is 2.62. The summed E-state index contributed by atoms with van der Waals surface area (Å²) in [7, 11) is -3.89. The SMILES string of the molecule is CC(C)(C)OC(=O)N1CCC2C(C1)C2(C#N)c1ccon1.CC(C)(C)OC(=O)N1CCC2OS(=O)(=O)OC2C1. The monoisotopic (exact) mass is 568 g/mol. The van der Waals surface area contributed by atoms with Crippen molar-refractivity contribution < 1.29 is 40.4 Å². The summed E-state index contributed by atoms with van der Waals surface area (Å²) >= 11 is 0. The van der Waals surface area contributed by atoms with Crippen molar-refractivity contribution in [1.29, 1.82) is 5.26 Å². The predicted octanol–water partition coefficient (Wildman–Crippen LogP) is 2.98. The van der Waals surface area contributed by atoms with Crippen LogP contribution in [0, 0.1) is 23.2 Å². The van der Waals surface area contributed by atoms with Gasteiger partial charge >= 0.3 is 22.6 Å². The fourth-order valence-corrected chi connectivity index (χ4v) is 6.35. The van der Waals surface area contributed by atoms with Gasteiger partial charge < -0.3 is 23.8 Å². The van der Waals surface area contributed by atoms with Gasteiger partial charge in [0, 0.05) is 31.6 Å². The molecule has 13 nitrogen and oxygen atoms in total. The molecule has 4 fully saturated rings. The van der Waals surface area contributed by atoms with Crippen LogP contribution in [0.5, 0.6) is 0 Å². The number of rotatable bonds is 1. The lowest BCUT2D eigenvalue weighted by Gasteiger charge is -2.33. The van der Waals surface area contributed by atoms with Gasteiger partial charge in [-0.05, 0) is 60.3 Å². The van der Waals surface area contributed by atoms with E-state index >= 15 is 0 Å². The van der Waals surface area contributed by atoms with Gasteiger partial charge in [-0.2, -0.15) is 13.7 Å². The Morgan fingerprint density at radius 1 is 0.974 bits per heavy atom. The number of nitriles is 1. The molecule has 3 aliphatic heterocycles. The molecular formula is C25H36N4O9S. The summed E-state index contributed by atoms with van der Waals surface area (Å²) in [5.74, 6) is 0.375. The van der Waals surface area contributed by atoms with Gasteiger partial charge in [-0.3, -0.25) is 0 Å². The van der Waals surface area contributed by atoms with Crippen molar-refractivity contribution in [3.05, 3.63) is 18.0 Å². The van der Waals surface area contributed by atoms with Crippen molar-refractivity contribution in [2.24, 2.45) is 11.8 Å². The number of fused-ring (bicyclic) bond motifs is 2. The number of likely N-dealkylation sites (tertiary alicyclic amines) is 2. The van der Waals surface area contributed by atoms with E-state index in [9.17, 15) is 23.3 Å². The van der Waals surface area contributed by atoms with E-state index in [1.54, 1.807) is 31.7 Å². The smallest absolute Gasteiger partial charge is 0.410 e. The largest absolute Gasteiger partial charge is 0.444 e. The van der Waals surface area contributed by atoms with E-state index < -0.39 is 45.3 Å². The zero-order chi connectivity index (χ0) is 28.8. The molecule has 5 rings (SSSR count). The summed E-state index contributed by atoms with van der Waals surface area (Å²) in [6.45, 7) is 12.6. The number of hydrogen-bond donors (Lipinski definition) is 0. The third-order valence-electron chi connectivity index (χ3n) is 7.00. The Hall–Kier alpha value is -2.89. The number of aromatic nitrogens is 1. The van der Waals surface area contributed by atoms with Crippen molar-refractivity contribution in [3.8, 4) is 6.07 Å². The standard InChI is InChI=1S/C15H19N3O3.C10H17NO6S/c1-14(2,3)21-13(19)18-6-4-10-11(8-18)15(10,9-16)12-5-7-20-17-12;1-10(2,3)15-9(12)11-5-4-7-8(6-11)17-18(13,14)16-7/h5,7,10-11H,4,6,8H2,1-3H3;7-8H,4-6H2,1-3H3. The highest BCUT2D eigenvalue weighted by molar-refractivity contribution is 7.82. The maximum Gasteiger partial charge on any atom is 0.410 e. The summed E-state index contributed by atoms with van der Waals surface area (Å²) < 4.78 is 47.3. The number of ether oxygens (including phenoxy) is 2. The minimum Gasteiger partial charge on any atom is -0.444 e. The van der Waals surface area contributed by atoms with Gasteiger partial charge in [0.15, 0.2) is 0 Å². The topological polar surface area (TPSA) is 161 Å². The molecule has 0 spiro atoms. The first-order valence-corrected chi connectivity index (χ1v) is 14.3. The minimum atomic E-state index is -3.89. The number of nitrogens with zero attached hydrogens (tertiary/aromatic N) is 4. The van der Waals surface area contributed by atoms with Crippen LogP contribution < -0.4 is 0 Å². The first kappa shape index (κ1) is 29.1. The van der Waals surface area contributed by atoms with Gasteiger partial charge in [0.2, 0.25) is 0 Å².